The number of carbonyl (C=O) groups excluding carboxylic acids is 1. The molecule has 0 bridgehead atoms. The average Bonchev–Trinajstić information content (AvgIpc) is 2.41. The van der Waals surface area contributed by atoms with Crippen molar-refractivity contribution in [3.05, 3.63) is 53.1 Å². The van der Waals surface area contributed by atoms with Crippen LogP contribution in [-0.4, -0.2) is 18.9 Å². The third kappa shape index (κ3) is 1.66. The number of hydrogen-bond donors (Lipinski definition) is 1. The van der Waals surface area contributed by atoms with Crippen molar-refractivity contribution in [2.45, 2.75) is 6.92 Å². The summed E-state index contributed by atoms with van der Waals surface area (Å²) in [5.41, 5.74) is 2.83. The van der Waals surface area contributed by atoms with E-state index in [1.54, 1.807) is 0 Å². The number of ketones is 1. The molecule has 1 N–H and O–H groups in total. The summed E-state index contributed by atoms with van der Waals surface area (Å²) in [4.78, 5) is 12.4. The van der Waals surface area contributed by atoms with Gasteiger partial charge in [-0.1, -0.05) is 43.3 Å². The molecule has 18 heavy (non-hydrogen) atoms. The van der Waals surface area contributed by atoms with Crippen molar-refractivity contribution in [2.24, 2.45) is 0 Å². The fraction of sp³-hybridized carbons (Fsp3) is 0.188. The molecule has 0 saturated heterocycles. The van der Waals surface area contributed by atoms with Gasteiger partial charge in [-0.15, -0.1) is 0 Å². The van der Waals surface area contributed by atoms with Crippen LogP contribution in [0.15, 0.2) is 42.0 Å². The van der Waals surface area contributed by atoms with Crippen LogP contribution in [0.5, 0.6) is 0 Å². The molecule has 2 heteroatoms. The highest BCUT2D eigenvalue weighted by Crippen LogP contribution is 2.30. The largest absolute Gasteiger partial charge is 0.313 e. The molecule has 0 amide bonds. The number of Topliss-reactive ketones (excluding diaryl/α,β-unsaturated/α-hetero) is 1. The fourth-order valence-electron chi connectivity index (χ4n) is 2.50. The average molecular weight is 237 g/mol. The molecule has 0 aromatic heterocycles. The van der Waals surface area contributed by atoms with Crippen LogP contribution in [0.4, 0.5) is 0 Å². The van der Waals surface area contributed by atoms with Crippen LogP contribution in [0.1, 0.15) is 22.8 Å². The Hall–Kier alpha value is -1.93. The summed E-state index contributed by atoms with van der Waals surface area (Å²) in [6, 6.07) is 12.1. The topological polar surface area (TPSA) is 29.1 Å². The first-order chi connectivity index (χ1) is 8.81. The SMILES string of the molecule is CCNCC1=Cc2cccc3cccc(c23)C1=O. The summed E-state index contributed by atoms with van der Waals surface area (Å²) in [6.45, 7) is 3.55. The maximum absolute atomic E-state index is 12.4. The summed E-state index contributed by atoms with van der Waals surface area (Å²) in [5.74, 6) is 0.153. The van der Waals surface area contributed by atoms with E-state index >= 15 is 0 Å². The molecule has 1 aliphatic carbocycles. The summed E-state index contributed by atoms with van der Waals surface area (Å²) in [7, 11) is 0. The Kier molecular flexibility index (Phi) is 2.73. The second-order valence-electron chi connectivity index (χ2n) is 4.53. The van der Waals surface area contributed by atoms with Gasteiger partial charge >= 0.3 is 0 Å². The third-order valence-electron chi connectivity index (χ3n) is 3.37. The first-order valence-corrected chi connectivity index (χ1v) is 6.29. The number of likely N-dealkylation sites (N-methyl/N-ethyl adjacent to an activating group) is 1. The van der Waals surface area contributed by atoms with E-state index in [2.05, 4.69) is 23.5 Å². The lowest BCUT2D eigenvalue weighted by Crippen LogP contribution is -2.22. The summed E-state index contributed by atoms with van der Waals surface area (Å²) < 4.78 is 0. The summed E-state index contributed by atoms with van der Waals surface area (Å²) >= 11 is 0. The molecule has 1 aliphatic rings. The van der Waals surface area contributed by atoms with Gasteiger partial charge in [0.05, 0.1) is 0 Å². The molecule has 2 nitrogen and oxygen atoms in total. The van der Waals surface area contributed by atoms with Gasteiger partial charge < -0.3 is 5.32 Å². The van der Waals surface area contributed by atoms with Crippen molar-refractivity contribution in [3.8, 4) is 0 Å². The molecule has 0 aliphatic heterocycles. The molecular formula is C16H15NO. The monoisotopic (exact) mass is 237 g/mol. The van der Waals surface area contributed by atoms with Crippen LogP contribution in [0.3, 0.4) is 0 Å². The molecule has 0 saturated carbocycles. The molecule has 2 aromatic rings. The van der Waals surface area contributed by atoms with Crippen molar-refractivity contribution >= 4 is 22.6 Å². The lowest BCUT2D eigenvalue weighted by molar-refractivity contribution is 0.103. The zero-order chi connectivity index (χ0) is 12.5. The smallest absolute Gasteiger partial charge is 0.190 e. The van der Waals surface area contributed by atoms with Gasteiger partial charge in [0.25, 0.3) is 0 Å². The zero-order valence-electron chi connectivity index (χ0n) is 10.4. The van der Waals surface area contributed by atoms with Gasteiger partial charge in [-0.25, -0.2) is 0 Å². The molecule has 0 atom stereocenters. The zero-order valence-corrected chi connectivity index (χ0v) is 10.4. The molecule has 0 unspecified atom stereocenters. The second-order valence-corrected chi connectivity index (χ2v) is 4.53. The van der Waals surface area contributed by atoms with E-state index in [1.165, 1.54) is 0 Å². The van der Waals surface area contributed by atoms with Crippen LogP contribution in [0.25, 0.3) is 16.8 Å². The number of benzene rings is 2. The first-order valence-electron chi connectivity index (χ1n) is 6.29. The minimum absolute atomic E-state index is 0.153. The van der Waals surface area contributed by atoms with Crippen LogP contribution in [0, 0.1) is 0 Å². The Labute approximate surface area is 106 Å². The van der Waals surface area contributed by atoms with Gasteiger partial charge in [0, 0.05) is 23.1 Å². The highest BCUT2D eigenvalue weighted by atomic mass is 16.1. The second kappa shape index (κ2) is 4.39. The molecular weight excluding hydrogens is 222 g/mol. The van der Waals surface area contributed by atoms with E-state index in [0.717, 1.165) is 34.0 Å². The van der Waals surface area contributed by atoms with Gasteiger partial charge in [-0.2, -0.15) is 0 Å². The van der Waals surface area contributed by atoms with Crippen molar-refractivity contribution in [3.63, 3.8) is 0 Å². The Morgan fingerprint density at radius 2 is 1.89 bits per heavy atom. The van der Waals surface area contributed by atoms with Crippen LogP contribution in [0.2, 0.25) is 0 Å². The molecule has 90 valence electrons. The van der Waals surface area contributed by atoms with Crippen molar-refractivity contribution < 1.29 is 4.79 Å². The number of hydrogen-bond acceptors (Lipinski definition) is 2. The van der Waals surface area contributed by atoms with E-state index in [-0.39, 0.29) is 5.78 Å². The highest BCUT2D eigenvalue weighted by Gasteiger charge is 2.20. The fourth-order valence-corrected chi connectivity index (χ4v) is 2.50. The lowest BCUT2D eigenvalue weighted by atomic mass is 9.88. The van der Waals surface area contributed by atoms with Crippen molar-refractivity contribution in [2.75, 3.05) is 13.1 Å². The Bertz CT molecular complexity index is 650. The van der Waals surface area contributed by atoms with E-state index in [0.29, 0.717) is 6.54 Å². The van der Waals surface area contributed by atoms with Gasteiger partial charge in [0.1, 0.15) is 0 Å². The Balaban J connectivity index is 2.19. The van der Waals surface area contributed by atoms with Crippen LogP contribution < -0.4 is 5.32 Å². The van der Waals surface area contributed by atoms with E-state index in [9.17, 15) is 4.79 Å². The molecule has 0 radical (unpaired) electrons. The first kappa shape index (κ1) is 11.2. The van der Waals surface area contributed by atoms with E-state index < -0.39 is 0 Å². The number of nitrogens with one attached hydrogen (secondary N) is 1. The quantitative estimate of drug-likeness (QED) is 0.889. The standard InChI is InChI=1S/C16H15NO/c1-2-17-10-13-9-12-7-3-5-11-6-4-8-14(15(11)12)16(13)18/h3-9,17H,2,10H2,1H3. The van der Waals surface area contributed by atoms with Gasteiger partial charge in [-0.3, -0.25) is 4.79 Å². The van der Waals surface area contributed by atoms with E-state index in [4.69, 9.17) is 0 Å². The van der Waals surface area contributed by atoms with E-state index in [1.807, 2.05) is 31.2 Å². The van der Waals surface area contributed by atoms with Gasteiger partial charge in [-0.05, 0) is 23.6 Å². The van der Waals surface area contributed by atoms with Crippen molar-refractivity contribution in [1.29, 1.82) is 0 Å². The molecule has 0 fully saturated rings. The Morgan fingerprint density at radius 1 is 1.11 bits per heavy atom. The van der Waals surface area contributed by atoms with Gasteiger partial charge in [0.2, 0.25) is 0 Å². The Morgan fingerprint density at radius 3 is 2.67 bits per heavy atom. The molecule has 0 spiro atoms. The third-order valence-corrected chi connectivity index (χ3v) is 3.37. The number of carbonyl (C=O) groups is 1. The summed E-state index contributed by atoms with van der Waals surface area (Å²) in [6.07, 6.45) is 2.01. The minimum Gasteiger partial charge on any atom is -0.313 e. The predicted molar refractivity (Wildman–Crippen MR) is 74.8 cm³/mol. The number of rotatable bonds is 3. The molecule has 2 aromatic carbocycles. The van der Waals surface area contributed by atoms with Crippen LogP contribution >= 0.6 is 0 Å². The maximum Gasteiger partial charge on any atom is 0.190 e. The summed E-state index contributed by atoms with van der Waals surface area (Å²) in [5, 5.41) is 5.45. The molecule has 3 rings (SSSR count). The maximum atomic E-state index is 12.4. The van der Waals surface area contributed by atoms with Crippen LogP contribution in [-0.2, 0) is 0 Å². The predicted octanol–water partition coefficient (Wildman–Crippen LogP) is 3.03. The van der Waals surface area contributed by atoms with Gasteiger partial charge in [0.15, 0.2) is 5.78 Å². The lowest BCUT2D eigenvalue weighted by Gasteiger charge is -2.17. The normalized spacial score (nSPS) is 13.8. The molecule has 0 heterocycles. The van der Waals surface area contributed by atoms with Crippen molar-refractivity contribution in [1.82, 2.24) is 5.32 Å². The highest BCUT2D eigenvalue weighted by molar-refractivity contribution is 6.22. The minimum atomic E-state index is 0.153.